The summed E-state index contributed by atoms with van der Waals surface area (Å²) in [7, 11) is 0. The lowest BCUT2D eigenvalue weighted by Crippen LogP contribution is -2.31. The van der Waals surface area contributed by atoms with Gasteiger partial charge in [0.1, 0.15) is 17.9 Å². The molecule has 146 valence electrons. The zero-order valence-electron chi connectivity index (χ0n) is 15.4. The second-order valence-electron chi connectivity index (χ2n) is 6.26. The summed E-state index contributed by atoms with van der Waals surface area (Å²) in [6.45, 7) is 1.80. The first-order chi connectivity index (χ1) is 14.1. The maximum atomic E-state index is 12.6. The summed E-state index contributed by atoms with van der Waals surface area (Å²) < 4.78 is 5.99. The van der Waals surface area contributed by atoms with Crippen molar-refractivity contribution in [3.8, 4) is 11.5 Å². The molecule has 0 aliphatic heterocycles. The van der Waals surface area contributed by atoms with E-state index in [2.05, 4.69) is 30.8 Å². The van der Waals surface area contributed by atoms with Gasteiger partial charge in [-0.05, 0) is 55.5 Å². The van der Waals surface area contributed by atoms with Gasteiger partial charge in [-0.25, -0.2) is 9.78 Å². The summed E-state index contributed by atoms with van der Waals surface area (Å²) in [6, 6.07) is 13.5. The number of nitrogens with zero attached hydrogens (tertiary/aromatic N) is 3. The monoisotopic (exact) mass is 408 g/mol. The number of pyridine rings is 1. The van der Waals surface area contributed by atoms with Crippen molar-refractivity contribution in [3.05, 3.63) is 71.9 Å². The van der Waals surface area contributed by atoms with Crippen LogP contribution in [0, 0.1) is 0 Å². The Balaban J connectivity index is 1.63. The number of halogens is 1. The summed E-state index contributed by atoms with van der Waals surface area (Å²) in [6.07, 6.45) is 3.08. The van der Waals surface area contributed by atoms with Crippen molar-refractivity contribution in [2.45, 2.75) is 13.0 Å². The molecule has 2 amide bonds. The third-order valence-electron chi connectivity index (χ3n) is 4.22. The van der Waals surface area contributed by atoms with E-state index >= 15 is 0 Å². The zero-order valence-corrected chi connectivity index (χ0v) is 16.1. The number of carbonyl (C=O) groups excluding carboxylic acids is 1. The molecule has 2 aromatic heterocycles. The summed E-state index contributed by atoms with van der Waals surface area (Å²) in [5, 5.41) is 13.6. The van der Waals surface area contributed by atoms with Gasteiger partial charge >= 0.3 is 6.03 Å². The zero-order chi connectivity index (χ0) is 20.2. The SMILES string of the molecule is CC(NC(=O)Nc1c(Oc2ccc(Cl)cc2)ccc2ncccc12)c1ncn[nH]1. The number of ether oxygens (including phenoxy) is 1. The fourth-order valence-electron chi connectivity index (χ4n) is 2.81. The first kappa shape index (κ1) is 18.7. The highest BCUT2D eigenvalue weighted by atomic mass is 35.5. The number of urea groups is 1. The first-order valence-electron chi connectivity index (χ1n) is 8.84. The molecule has 4 rings (SSSR count). The normalized spacial score (nSPS) is 11.8. The molecule has 0 saturated heterocycles. The third-order valence-corrected chi connectivity index (χ3v) is 4.47. The summed E-state index contributed by atoms with van der Waals surface area (Å²) in [5.41, 5.74) is 1.24. The third kappa shape index (κ3) is 4.27. The number of amides is 2. The molecule has 29 heavy (non-hydrogen) atoms. The Hall–Kier alpha value is -3.65. The average Bonchev–Trinajstić information content (AvgIpc) is 3.26. The highest BCUT2D eigenvalue weighted by Gasteiger charge is 2.16. The standard InChI is InChI=1S/C20H17ClN6O2/c1-12(19-23-11-24-27-19)25-20(28)26-18-15-3-2-10-22-16(15)8-9-17(18)29-14-6-4-13(21)5-7-14/h2-12H,1H3,(H,23,24,27)(H2,25,26,28). The quantitative estimate of drug-likeness (QED) is 0.444. The molecule has 0 radical (unpaired) electrons. The minimum absolute atomic E-state index is 0.355. The van der Waals surface area contributed by atoms with Crippen LogP contribution in [0.5, 0.6) is 11.5 Å². The highest BCUT2D eigenvalue weighted by Crippen LogP contribution is 2.35. The van der Waals surface area contributed by atoms with Crippen LogP contribution in [0.4, 0.5) is 10.5 Å². The van der Waals surface area contributed by atoms with Crippen LogP contribution in [0.25, 0.3) is 10.9 Å². The molecule has 0 aliphatic rings. The van der Waals surface area contributed by atoms with Crippen LogP contribution in [0.1, 0.15) is 18.8 Å². The van der Waals surface area contributed by atoms with Gasteiger partial charge in [0, 0.05) is 16.6 Å². The van der Waals surface area contributed by atoms with Gasteiger partial charge in [-0.2, -0.15) is 5.10 Å². The number of aromatic nitrogens is 4. The van der Waals surface area contributed by atoms with Gasteiger partial charge in [0.25, 0.3) is 0 Å². The Morgan fingerprint density at radius 2 is 1.97 bits per heavy atom. The van der Waals surface area contributed by atoms with Crippen molar-refractivity contribution in [3.63, 3.8) is 0 Å². The summed E-state index contributed by atoms with van der Waals surface area (Å²) in [4.78, 5) is 21.0. The highest BCUT2D eigenvalue weighted by molar-refractivity contribution is 6.30. The van der Waals surface area contributed by atoms with Gasteiger partial charge < -0.3 is 15.4 Å². The van der Waals surface area contributed by atoms with Crippen LogP contribution in [0.15, 0.2) is 61.1 Å². The number of aromatic amines is 1. The Labute approximate surface area is 171 Å². The topological polar surface area (TPSA) is 105 Å². The van der Waals surface area contributed by atoms with Crippen LogP contribution < -0.4 is 15.4 Å². The molecule has 0 fully saturated rings. The van der Waals surface area contributed by atoms with E-state index in [0.717, 1.165) is 10.9 Å². The van der Waals surface area contributed by atoms with Gasteiger partial charge in [-0.15, -0.1) is 0 Å². The van der Waals surface area contributed by atoms with E-state index in [1.54, 1.807) is 49.5 Å². The largest absolute Gasteiger partial charge is 0.455 e. The van der Waals surface area contributed by atoms with Gasteiger partial charge in [0.05, 0.1) is 17.2 Å². The average molecular weight is 409 g/mol. The van der Waals surface area contributed by atoms with E-state index in [0.29, 0.717) is 28.0 Å². The molecule has 8 nitrogen and oxygen atoms in total. The minimum Gasteiger partial charge on any atom is -0.455 e. The van der Waals surface area contributed by atoms with Crippen LogP contribution in [0.2, 0.25) is 5.02 Å². The fraction of sp³-hybridized carbons (Fsp3) is 0.100. The molecule has 0 saturated carbocycles. The molecule has 1 atom stereocenters. The van der Waals surface area contributed by atoms with E-state index in [1.165, 1.54) is 6.33 Å². The molecule has 2 heterocycles. The van der Waals surface area contributed by atoms with Crippen LogP contribution in [0.3, 0.4) is 0 Å². The van der Waals surface area contributed by atoms with E-state index in [9.17, 15) is 4.79 Å². The lowest BCUT2D eigenvalue weighted by atomic mass is 10.1. The second-order valence-corrected chi connectivity index (χ2v) is 6.69. The minimum atomic E-state index is -0.411. The molecular formula is C20H17ClN6O2. The van der Waals surface area contributed by atoms with Gasteiger partial charge in [0.15, 0.2) is 5.75 Å². The number of hydrogen-bond acceptors (Lipinski definition) is 5. The number of fused-ring (bicyclic) bond motifs is 1. The molecule has 0 spiro atoms. The maximum Gasteiger partial charge on any atom is 0.319 e. The van der Waals surface area contributed by atoms with Crippen molar-refractivity contribution < 1.29 is 9.53 Å². The number of nitrogens with one attached hydrogen (secondary N) is 3. The van der Waals surface area contributed by atoms with Crippen LogP contribution in [-0.2, 0) is 0 Å². The number of benzene rings is 2. The number of hydrogen-bond donors (Lipinski definition) is 3. The van der Waals surface area contributed by atoms with Crippen molar-refractivity contribution in [1.82, 2.24) is 25.5 Å². The van der Waals surface area contributed by atoms with Crippen molar-refractivity contribution in [2.75, 3.05) is 5.32 Å². The summed E-state index contributed by atoms with van der Waals surface area (Å²) >= 11 is 5.94. The molecule has 3 N–H and O–H groups in total. The number of anilines is 1. The lowest BCUT2D eigenvalue weighted by Gasteiger charge is -2.17. The van der Waals surface area contributed by atoms with Gasteiger partial charge in [-0.1, -0.05) is 11.6 Å². The molecule has 9 heteroatoms. The Morgan fingerprint density at radius 1 is 1.14 bits per heavy atom. The predicted molar refractivity (Wildman–Crippen MR) is 110 cm³/mol. The lowest BCUT2D eigenvalue weighted by molar-refractivity contribution is 0.249. The fourth-order valence-corrected chi connectivity index (χ4v) is 2.94. The van der Waals surface area contributed by atoms with E-state index < -0.39 is 6.03 Å². The molecular weight excluding hydrogens is 392 g/mol. The van der Waals surface area contributed by atoms with E-state index in [4.69, 9.17) is 16.3 Å². The van der Waals surface area contributed by atoms with Crippen LogP contribution in [-0.4, -0.2) is 26.2 Å². The summed E-state index contributed by atoms with van der Waals surface area (Å²) in [5.74, 6) is 1.63. The van der Waals surface area contributed by atoms with E-state index in [-0.39, 0.29) is 6.04 Å². The Bertz CT molecular complexity index is 1130. The molecule has 2 aromatic carbocycles. The first-order valence-corrected chi connectivity index (χ1v) is 9.22. The van der Waals surface area contributed by atoms with Gasteiger partial charge in [0.2, 0.25) is 0 Å². The predicted octanol–water partition coefficient (Wildman–Crippen LogP) is 4.68. The maximum absolute atomic E-state index is 12.6. The Morgan fingerprint density at radius 3 is 2.72 bits per heavy atom. The second kappa shape index (κ2) is 8.15. The number of rotatable bonds is 5. The van der Waals surface area contributed by atoms with Gasteiger partial charge in [-0.3, -0.25) is 10.1 Å². The van der Waals surface area contributed by atoms with Crippen LogP contribution >= 0.6 is 11.6 Å². The number of carbonyl (C=O) groups is 1. The molecule has 0 aliphatic carbocycles. The van der Waals surface area contributed by atoms with E-state index in [1.807, 2.05) is 12.1 Å². The Kier molecular flexibility index (Phi) is 5.26. The molecule has 4 aromatic rings. The van der Waals surface area contributed by atoms with Crippen molar-refractivity contribution in [2.24, 2.45) is 0 Å². The molecule has 1 unspecified atom stereocenters. The smallest absolute Gasteiger partial charge is 0.319 e. The van der Waals surface area contributed by atoms with Crippen molar-refractivity contribution in [1.29, 1.82) is 0 Å². The number of H-pyrrole nitrogens is 1. The molecule has 0 bridgehead atoms. The van der Waals surface area contributed by atoms with Crippen molar-refractivity contribution >= 4 is 34.2 Å².